The third-order valence-electron chi connectivity index (χ3n) is 3.55. The quantitative estimate of drug-likeness (QED) is 0.468. The number of ether oxygens (including phenoxy) is 1. The summed E-state index contributed by atoms with van der Waals surface area (Å²) in [5.74, 6) is 0.546. The zero-order valence-corrected chi connectivity index (χ0v) is 11.5. The molecule has 21 heavy (non-hydrogen) atoms. The monoisotopic (exact) mass is 295 g/mol. The number of nitrogens with zero attached hydrogens (tertiary/aromatic N) is 2. The SMILES string of the molecule is O=[N+]([O-])c1ccc(CNCCC2CCOC2)c([N+](=O)[O-])c1. The topological polar surface area (TPSA) is 108 Å². The molecule has 1 aromatic carbocycles. The summed E-state index contributed by atoms with van der Waals surface area (Å²) < 4.78 is 5.28. The Bertz CT molecular complexity index is 529. The van der Waals surface area contributed by atoms with Gasteiger partial charge in [0.25, 0.3) is 11.4 Å². The summed E-state index contributed by atoms with van der Waals surface area (Å²) in [6, 6.07) is 3.72. The van der Waals surface area contributed by atoms with Gasteiger partial charge in [-0.2, -0.15) is 0 Å². The first kappa shape index (κ1) is 15.3. The van der Waals surface area contributed by atoms with E-state index in [0.29, 0.717) is 18.0 Å². The van der Waals surface area contributed by atoms with E-state index >= 15 is 0 Å². The van der Waals surface area contributed by atoms with Crippen molar-refractivity contribution in [3.63, 3.8) is 0 Å². The minimum atomic E-state index is -0.635. The van der Waals surface area contributed by atoms with Crippen molar-refractivity contribution in [2.75, 3.05) is 19.8 Å². The Morgan fingerprint density at radius 1 is 1.29 bits per heavy atom. The van der Waals surface area contributed by atoms with Crippen LogP contribution in [0.4, 0.5) is 11.4 Å². The van der Waals surface area contributed by atoms with E-state index in [0.717, 1.165) is 38.7 Å². The Balaban J connectivity index is 1.92. The van der Waals surface area contributed by atoms with E-state index in [-0.39, 0.29) is 11.4 Å². The largest absolute Gasteiger partial charge is 0.381 e. The smallest absolute Gasteiger partial charge is 0.280 e. The average Bonchev–Trinajstić information content (AvgIpc) is 2.96. The first-order valence-electron chi connectivity index (χ1n) is 6.78. The van der Waals surface area contributed by atoms with Gasteiger partial charge in [-0.05, 0) is 31.4 Å². The van der Waals surface area contributed by atoms with Crippen LogP contribution >= 0.6 is 0 Å². The molecule has 1 unspecified atom stereocenters. The molecule has 1 atom stereocenters. The first-order chi connectivity index (χ1) is 10.1. The summed E-state index contributed by atoms with van der Waals surface area (Å²) in [6.45, 7) is 2.64. The second-order valence-corrected chi connectivity index (χ2v) is 5.02. The zero-order valence-electron chi connectivity index (χ0n) is 11.5. The first-order valence-corrected chi connectivity index (χ1v) is 6.78. The van der Waals surface area contributed by atoms with E-state index in [1.54, 1.807) is 0 Å². The van der Waals surface area contributed by atoms with Gasteiger partial charge in [-0.25, -0.2) is 0 Å². The molecular weight excluding hydrogens is 278 g/mol. The van der Waals surface area contributed by atoms with Gasteiger partial charge >= 0.3 is 0 Å². The molecule has 1 fully saturated rings. The number of nitrogens with one attached hydrogen (secondary N) is 1. The van der Waals surface area contributed by atoms with Crippen LogP contribution in [0.2, 0.25) is 0 Å². The summed E-state index contributed by atoms with van der Waals surface area (Å²) in [5, 5.41) is 24.8. The molecule has 0 saturated carbocycles. The van der Waals surface area contributed by atoms with Gasteiger partial charge < -0.3 is 10.1 Å². The van der Waals surface area contributed by atoms with Gasteiger partial charge in [0.2, 0.25) is 0 Å². The van der Waals surface area contributed by atoms with Gasteiger partial charge in [-0.3, -0.25) is 20.2 Å². The molecular formula is C13H17N3O5. The lowest BCUT2D eigenvalue weighted by Gasteiger charge is -2.09. The van der Waals surface area contributed by atoms with Gasteiger partial charge in [0.15, 0.2) is 0 Å². The van der Waals surface area contributed by atoms with Crippen molar-refractivity contribution >= 4 is 11.4 Å². The van der Waals surface area contributed by atoms with Crippen LogP contribution in [0.1, 0.15) is 18.4 Å². The summed E-state index contributed by atoms with van der Waals surface area (Å²) in [6.07, 6.45) is 2.01. The van der Waals surface area contributed by atoms with E-state index < -0.39 is 9.85 Å². The van der Waals surface area contributed by atoms with Crippen LogP contribution < -0.4 is 5.32 Å². The minimum absolute atomic E-state index is 0.221. The van der Waals surface area contributed by atoms with Gasteiger partial charge in [0, 0.05) is 31.4 Å². The number of hydrogen-bond acceptors (Lipinski definition) is 6. The minimum Gasteiger partial charge on any atom is -0.381 e. The summed E-state index contributed by atoms with van der Waals surface area (Å²) in [4.78, 5) is 20.4. The average molecular weight is 295 g/mol. The molecule has 1 heterocycles. The van der Waals surface area contributed by atoms with Crippen molar-refractivity contribution in [3.05, 3.63) is 44.0 Å². The number of benzene rings is 1. The lowest BCUT2D eigenvalue weighted by Crippen LogP contribution is -2.18. The number of nitro benzene ring substituents is 2. The van der Waals surface area contributed by atoms with E-state index in [2.05, 4.69) is 5.32 Å². The second kappa shape index (κ2) is 7.09. The highest BCUT2D eigenvalue weighted by Crippen LogP contribution is 2.24. The van der Waals surface area contributed by atoms with Crippen molar-refractivity contribution in [1.29, 1.82) is 0 Å². The molecule has 0 amide bonds. The van der Waals surface area contributed by atoms with Crippen LogP contribution in [0.25, 0.3) is 0 Å². The van der Waals surface area contributed by atoms with Gasteiger partial charge in [-0.15, -0.1) is 0 Å². The molecule has 8 nitrogen and oxygen atoms in total. The number of nitro groups is 2. The Morgan fingerprint density at radius 2 is 2.10 bits per heavy atom. The van der Waals surface area contributed by atoms with Crippen molar-refractivity contribution in [3.8, 4) is 0 Å². The molecule has 1 N–H and O–H groups in total. The molecule has 1 aliphatic rings. The maximum atomic E-state index is 11.0. The third-order valence-corrected chi connectivity index (χ3v) is 3.55. The maximum absolute atomic E-state index is 11.0. The van der Waals surface area contributed by atoms with E-state index in [1.165, 1.54) is 12.1 Å². The van der Waals surface area contributed by atoms with Crippen molar-refractivity contribution < 1.29 is 14.6 Å². The Kier molecular flexibility index (Phi) is 5.18. The molecule has 1 aromatic rings. The summed E-state index contributed by atoms with van der Waals surface area (Å²) >= 11 is 0. The highest BCUT2D eigenvalue weighted by atomic mass is 16.6. The number of non-ortho nitro benzene ring substituents is 1. The summed E-state index contributed by atoms with van der Waals surface area (Å²) in [7, 11) is 0. The zero-order chi connectivity index (χ0) is 15.2. The maximum Gasteiger partial charge on any atom is 0.280 e. The predicted octanol–water partition coefficient (Wildman–Crippen LogP) is 2.02. The lowest BCUT2D eigenvalue weighted by atomic mass is 10.1. The van der Waals surface area contributed by atoms with Crippen LogP contribution in [0.3, 0.4) is 0 Å². The lowest BCUT2D eigenvalue weighted by molar-refractivity contribution is -0.394. The normalized spacial score (nSPS) is 17.8. The molecule has 1 aliphatic heterocycles. The van der Waals surface area contributed by atoms with Gasteiger partial charge in [0.1, 0.15) is 0 Å². The van der Waals surface area contributed by atoms with E-state index in [1.807, 2.05) is 0 Å². The molecule has 1 saturated heterocycles. The highest BCUT2D eigenvalue weighted by molar-refractivity contribution is 5.49. The van der Waals surface area contributed by atoms with Crippen LogP contribution in [0.5, 0.6) is 0 Å². The van der Waals surface area contributed by atoms with Crippen molar-refractivity contribution in [2.45, 2.75) is 19.4 Å². The van der Waals surface area contributed by atoms with Gasteiger partial charge in [-0.1, -0.05) is 0 Å². The fourth-order valence-electron chi connectivity index (χ4n) is 2.33. The molecule has 0 bridgehead atoms. The van der Waals surface area contributed by atoms with Crippen LogP contribution in [0.15, 0.2) is 18.2 Å². The van der Waals surface area contributed by atoms with Crippen LogP contribution in [-0.2, 0) is 11.3 Å². The Hall–Kier alpha value is -2.06. The molecule has 2 rings (SSSR count). The Labute approximate surface area is 121 Å². The fourth-order valence-corrected chi connectivity index (χ4v) is 2.33. The Morgan fingerprint density at radius 3 is 2.71 bits per heavy atom. The molecule has 0 aliphatic carbocycles. The molecule has 0 aromatic heterocycles. The molecule has 0 radical (unpaired) electrons. The molecule has 0 spiro atoms. The van der Waals surface area contributed by atoms with Crippen molar-refractivity contribution in [1.82, 2.24) is 5.32 Å². The number of rotatable bonds is 7. The van der Waals surface area contributed by atoms with Gasteiger partial charge in [0.05, 0.1) is 15.9 Å². The second-order valence-electron chi connectivity index (χ2n) is 5.02. The number of hydrogen-bond donors (Lipinski definition) is 1. The van der Waals surface area contributed by atoms with Crippen LogP contribution in [-0.4, -0.2) is 29.6 Å². The predicted molar refractivity (Wildman–Crippen MR) is 75.0 cm³/mol. The third kappa shape index (κ3) is 4.20. The summed E-state index contributed by atoms with van der Waals surface area (Å²) in [5.41, 5.74) is -0.0391. The van der Waals surface area contributed by atoms with Crippen LogP contribution in [0, 0.1) is 26.1 Å². The standard InChI is InChI=1S/C13H17N3O5/c17-15(18)12-2-1-11(13(7-12)16(19)20)8-14-5-3-10-4-6-21-9-10/h1-2,7,10,14H,3-6,8-9H2. The molecule has 114 valence electrons. The van der Waals surface area contributed by atoms with E-state index in [4.69, 9.17) is 4.74 Å². The molecule has 8 heteroatoms. The fraction of sp³-hybridized carbons (Fsp3) is 0.538. The van der Waals surface area contributed by atoms with E-state index in [9.17, 15) is 20.2 Å². The highest BCUT2D eigenvalue weighted by Gasteiger charge is 2.19. The van der Waals surface area contributed by atoms with Crippen molar-refractivity contribution in [2.24, 2.45) is 5.92 Å².